The van der Waals surface area contributed by atoms with Crippen molar-refractivity contribution in [2.75, 3.05) is 32.8 Å². The number of piperidine rings is 1. The van der Waals surface area contributed by atoms with Crippen LogP contribution in [0, 0.1) is 11.7 Å². The van der Waals surface area contributed by atoms with Gasteiger partial charge in [-0.1, -0.05) is 12.1 Å². The summed E-state index contributed by atoms with van der Waals surface area (Å²) in [6.45, 7) is 4.33. The van der Waals surface area contributed by atoms with Crippen LogP contribution >= 0.6 is 0 Å². The molecule has 2 saturated heterocycles. The van der Waals surface area contributed by atoms with Crippen molar-refractivity contribution in [2.24, 2.45) is 5.92 Å². The van der Waals surface area contributed by atoms with Crippen LogP contribution in [0.1, 0.15) is 28.8 Å². The molecule has 6 nitrogen and oxygen atoms in total. The summed E-state index contributed by atoms with van der Waals surface area (Å²) in [4.78, 5) is 15.2. The Kier molecular flexibility index (Phi) is 5.78. The lowest BCUT2D eigenvalue weighted by molar-refractivity contribution is 0.00266. The van der Waals surface area contributed by atoms with Crippen molar-refractivity contribution in [3.05, 3.63) is 59.4 Å². The highest BCUT2D eigenvalue weighted by Gasteiger charge is 2.33. The van der Waals surface area contributed by atoms with Crippen molar-refractivity contribution < 1.29 is 23.4 Å². The molecular weight excluding hydrogens is 399 g/mol. The second kappa shape index (κ2) is 8.85. The zero-order valence-corrected chi connectivity index (χ0v) is 17.4. The molecule has 2 aromatic rings. The molecule has 0 radical (unpaired) electrons. The van der Waals surface area contributed by atoms with E-state index in [1.807, 2.05) is 0 Å². The van der Waals surface area contributed by atoms with E-state index < -0.39 is 0 Å². The standard InChI is InChI=1S/C24H27FN2O4/c25-19-4-1-16(2-5-19)13-29-14-21-15-30-22-6-3-18(10-23(22)31-21)24(28)26-20-9-17-7-8-27(11-17)12-20/h1-6,10,17,20-21H,7-9,11-15H2,(H,26,28)/t17-,20+,21-/m0/s1. The second-order valence-electron chi connectivity index (χ2n) is 8.67. The van der Waals surface area contributed by atoms with Crippen molar-refractivity contribution in [3.63, 3.8) is 0 Å². The zero-order valence-electron chi connectivity index (χ0n) is 17.4. The third-order valence-electron chi connectivity index (χ3n) is 6.21. The molecule has 7 heteroatoms. The van der Waals surface area contributed by atoms with Gasteiger partial charge in [0.15, 0.2) is 17.6 Å². The Balaban J connectivity index is 1.15. The fourth-order valence-corrected chi connectivity index (χ4v) is 4.66. The zero-order chi connectivity index (χ0) is 21.2. The summed E-state index contributed by atoms with van der Waals surface area (Å²) in [6, 6.07) is 11.7. The molecule has 31 heavy (non-hydrogen) atoms. The lowest BCUT2D eigenvalue weighted by Gasteiger charge is -2.30. The summed E-state index contributed by atoms with van der Waals surface area (Å²) in [5.41, 5.74) is 1.47. The van der Waals surface area contributed by atoms with Gasteiger partial charge in [0.25, 0.3) is 5.91 Å². The van der Waals surface area contributed by atoms with Crippen LogP contribution < -0.4 is 14.8 Å². The van der Waals surface area contributed by atoms with E-state index in [4.69, 9.17) is 14.2 Å². The largest absolute Gasteiger partial charge is 0.486 e. The SMILES string of the molecule is O=C(N[C@@H]1C[C@@H]2CCN(C2)C1)c1ccc2c(c1)O[C@@H](COCc1ccc(F)cc1)CO2. The van der Waals surface area contributed by atoms with Gasteiger partial charge in [0.1, 0.15) is 12.4 Å². The maximum absolute atomic E-state index is 13.0. The molecule has 3 aliphatic heterocycles. The van der Waals surface area contributed by atoms with Crippen LogP contribution in [-0.4, -0.2) is 55.8 Å². The van der Waals surface area contributed by atoms with E-state index >= 15 is 0 Å². The van der Waals surface area contributed by atoms with Crippen molar-refractivity contribution in [1.29, 1.82) is 0 Å². The number of rotatable bonds is 6. The first-order valence-corrected chi connectivity index (χ1v) is 10.9. The molecule has 0 aromatic heterocycles. The number of halogens is 1. The van der Waals surface area contributed by atoms with Crippen molar-refractivity contribution in [3.8, 4) is 11.5 Å². The summed E-state index contributed by atoms with van der Waals surface area (Å²) < 4.78 is 30.5. The van der Waals surface area contributed by atoms with Gasteiger partial charge in [-0.25, -0.2) is 4.39 Å². The Morgan fingerprint density at radius 3 is 2.87 bits per heavy atom. The van der Waals surface area contributed by atoms with Gasteiger partial charge >= 0.3 is 0 Å². The maximum Gasteiger partial charge on any atom is 0.251 e. The number of nitrogens with one attached hydrogen (secondary N) is 1. The highest BCUT2D eigenvalue weighted by atomic mass is 19.1. The molecule has 2 bridgehead atoms. The number of amides is 1. The van der Waals surface area contributed by atoms with Crippen molar-refractivity contribution >= 4 is 5.91 Å². The van der Waals surface area contributed by atoms with Crippen LogP contribution in [-0.2, 0) is 11.3 Å². The van der Waals surface area contributed by atoms with Gasteiger partial charge in [-0.05, 0) is 61.2 Å². The minimum Gasteiger partial charge on any atom is -0.486 e. The lowest BCUT2D eigenvalue weighted by atomic mass is 9.96. The van der Waals surface area contributed by atoms with E-state index in [-0.39, 0.29) is 23.9 Å². The number of nitrogens with zero attached hydrogens (tertiary/aromatic N) is 1. The quantitative estimate of drug-likeness (QED) is 0.770. The van der Waals surface area contributed by atoms with Gasteiger partial charge in [0, 0.05) is 24.7 Å². The van der Waals surface area contributed by atoms with Gasteiger partial charge in [-0.15, -0.1) is 0 Å². The fraction of sp³-hybridized carbons (Fsp3) is 0.458. The molecule has 3 aliphatic rings. The molecule has 5 rings (SSSR count). The first-order valence-electron chi connectivity index (χ1n) is 10.9. The predicted octanol–water partition coefficient (Wildman–Crippen LogP) is 3.01. The molecule has 0 spiro atoms. The molecule has 164 valence electrons. The molecule has 4 atom stereocenters. The second-order valence-corrected chi connectivity index (χ2v) is 8.67. The van der Waals surface area contributed by atoms with Crippen LogP contribution in [0.25, 0.3) is 0 Å². The molecule has 2 fully saturated rings. The fourth-order valence-electron chi connectivity index (χ4n) is 4.66. The summed E-state index contributed by atoms with van der Waals surface area (Å²) in [6.07, 6.45) is 2.02. The van der Waals surface area contributed by atoms with Crippen LogP contribution in [0.4, 0.5) is 4.39 Å². The number of ether oxygens (including phenoxy) is 3. The maximum atomic E-state index is 13.0. The molecule has 1 unspecified atom stereocenters. The van der Waals surface area contributed by atoms with Crippen molar-refractivity contribution in [2.45, 2.75) is 31.6 Å². The molecular formula is C24H27FN2O4. The normalized spacial score (nSPS) is 26.5. The Bertz CT molecular complexity index is 924. The topological polar surface area (TPSA) is 60.0 Å². The molecule has 0 saturated carbocycles. The third-order valence-corrected chi connectivity index (χ3v) is 6.21. The van der Waals surface area contributed by atoms with Crippen LogP contribution in [0.2, 0.25) is 0 Å². The van der Waals surface area contributed by atoms with E-state index in [2.05, 4.69) is 10.2 Å². The monoisotopic (exact) mass is 426 g/mol. The number of carbonyl (C=O) groups is 1. The Labute approximate surface area is 181 Å². The molecule has 3 heterocycles. The van der Waals surface area contributed by atoms with Gasteiger partial charge in [0.05, 0.1) is 13.2 Å². The third kappa shape index (κ3) is 4.83. The van der Waals surface area contributed by atoms with Crippen LogP contribution in [0.3, 0.4) is 0 Å². The predicted molar refractivity (Wildman–Crippen MR) is 113 cm³/mol. The number of benzene rings is 2. The highest BCUT2D eigenvalue weighted by molar-refractivity contribution is 5.95. The van der Waals surface area contributed by atoms with Crippen molar-refractivity contribution in [1.82, 2.24) is 10.2 Å². The number of hydrogen-bond acceptors (Lipinski definition) is 5. The number of fused-ring (bicyclic) bond motifs is 3. The minimum absolute atomic E-state index is 0.0754. The Morgan fingerprint density at radius 1 is 1.16 bits per heavy atom. The van der Waals surface area contributed by atoms with E-state index in [0.29, 0.717) is 42.8 Å². The van der Waals surface area contributed by atoms with Gasteiger partial charge < -0.3 is 24.4 Å². The highest BCUT2D eigenvalue weighted by Crippen LogP contribution is 2.33. The van der Waals surface area contributed by atoms with Gasteiger partial charge in [0.2, 0.25) is 0 Å². The van der Waals surface area contributed by atoms with Crippen LogP contribution in [0.5, 0.6) is 11.5 Å². The first-order chi connectivity index (χ1) is 15.1. The Morgan fingerprint density at radius 2 is 2.03 bits per heavy atom. The summed E-state index contributed by atoms with van der Waals surface area (Å²) >= 11 is 0. The number of carbonyl (C=O) groups excluding carboxylic acids is 1. The van der Waals surface area contributed by atoms with Crippen LogP contribution in [0.15, 0.2) is 42.5 Å². The molecule has 2 aromatic carbocycles. The molecule has 0 aliphatic carbocycles. The lowest BCUT2D eigenvalue weighted by Crippen LogP contribution is -2.47. The average molecular weight is 426 g/mol. The number of hydrogen-bond donors (Lipinski definition) is 1. The molecule has 1 amide bonds. The average Bonchev–Trinajstić information content (AvgIpc) is 3.12. The Hall–Kier alpha value is -2.64. The smallest absolute Gasteiger partial charge is 0.251 e. The van der Waals surface area contributed by atoms with E-state index in [0.717, 1.165) is 25.1 Å². The first kappa shape index (κ1) is 20.3. The van der Waals surface area contributed by atoms with E-state index in [1.165, 1.54) is 25.1 Å². The summed E-state index contributed by atoms with van der Waals surface area (Å²) in [5, 5.41) is 3.18. The summed E-state index contributed by atoms with van der Waals surface area (Å²) in [5.74, 6) is 1.55. The minimum atomic E-state index is -0.270. The molecule has 1 N–H and O–H groups in total. The van der Waals surface area contributed by atoms with E-state index in [9.17, 15) is 9.18 Å². The summed E-state index contributed by atoms with van der Waals surface area (Å²) in [7, 11) is 0. The van der Waals surface area contributed by atoms with E-state index in [1.54, 1.807) is 30.3 Å². The van der Waals surface area contributed by atoms with Gasteiger partial charge in [-0.3, -0.25) is 4.79 Å². The van der Waals surface area contributed by atoms with Gasteiger partial charge in [-0.2, -0.15) is 0 Å².